The number of carbonyl (C=O) groups is 1. The molecule has 0 amide bonds. The molecule has 1 aromatic rings. The lowest BCUT2D eigenvalue weighted by Crippen LogP contribution is -2.45. The lowest BCUT2D eigenvalue weighted by Gasteiger charge is -2.37. The number of phenols is 1. The Labute approximate surface area is 142 Å². The van der Waals surface area contributed by atoms with Gasteiger partial charge in [-0.15, -0.1) is 0 Å². The summed E-state index contributed by atoms with van der Waals surface area (Å²) >= 11 is 0. The van der Waals surface area contributed by atoms with Crippen LogP contribution in [0.1, 0.15) is 64.4 Å². The Kier molecular flexibility index (Phi) is 5.53. The number of carboxylic acid groups (broad SMARTS) is 1. The number of phenolic OH excluding ortho intramolecular Hbond substituents is 1. The summed E-state index contributed by atoms with van der Waals surface area (Å²) in [5.41, 5.74) is -2.45. The standard InChI is InChI=1S/C19H27FO4/c1-18(2,15-10-14(20)8-9-16(15)21)12-19(24,17(22)23)11-13-6-4-3-5-7-13/h8-10,13,21,24H,3-7,11-12H2,1-2H3,(H,22,23). The zero-order valence-electron chi connectivity index (χ0n) is 14.4. The van der Waals surface area contributed by atoms with Crippen LogP contribution in [0.5, 0.6) is 5.75 Å². The van der Waals surface area contributed by atoms with Crippen molar-refractivity contribution in [1.82, 2.24) is 0 Å². The predicted octanol–water partition coefficient (Wildman–Crippen LogP) is 3.99. The Morgan fingerprint density at radius 2 is 1.88 bits per heavy atom. The second-order valence-electron chi connectivity index (χ2n) is 7.77. The number of aliphatic hydroxyl groups is 1. The van der Waals surface area contributed by atoms with Gasteiger partial charge in [-0.2, -0.15) is 0 Å². The molecule has 5 heteroatoms. The second kappa shape index (κ2) is 7.09. The number of hydrogen-bond acceptors (Lipinski definition) is 3. The summed E-state index contributed by atoms with van der Waals surface area (Å²) in [4.78, 5) is 11.8. The summed E-state index contributed by atoms with van der Waals surface area (Å²) in [6.07, 6.45) is 5.26. The normalized spacial score (nSPS) is 19.0. The smallest absolute Gasteiger partial charge is 0.335 e. The molecule has 134 valence electrons. The van der Waals surface area contributed by atoms with Crippen molar-refractivity contribution in [2.75, 3.05) is 0 Å². The van der Waals surface area contributed by atoms with Crippen LogP contribution in [0.3, 0.4) is 0 Å². The van der Waals surface area contributed by atoms with E-state index in [0.717, 1.165) is 38.2 Å². The highest BCUT2D eigenvalue weighted by molar-refractivity contribution is 5.77. The van der Waals surface area contributed by atoms with Crippen LogP contribution < -0.4 is 0 Å². The number of benzene rings is 1. The van der Waals surface area contributed by atoms with Crippen molar-refractivity contribution in [1.29, 1.82) is 0 Å². The first-order chi connectivity index (χ1) is 11.1. The van der Waals surface area contributed by atoms with E-state index in [2.05, 4.69) is 0 Å². The minimum atomic E-state index is -1.88. The van der Waals surface area contributed by atoms with Crippen molar-refractivity contribution in [3.8, 4) is 5.75 Å². The molecular formula is C19H27FO4. The number of rotatable bonds is 6. The molecule has 0 bridgehead atoms. The Bertz CT molecular complexity index is 593. The quantitative estimate of drug-likeness (QED) is 0.733. The molecule has 2 rings (SSSR count). The first-order valence-electron chi connectivity index (χ1n) is 8.59. The van der Waals surface area contributed by atoms with Crippen molar-refractivity contribution in [2.45, 2.75) is 69.8 Å². The van der Waals surface area contributed by atoms with Crippen molar-refractivity contribution in [3.63, 3.8) is 0 Å². The van der Waals surface area contributed by atoms with Gasteiger partial charge in [0, 0.05) is 5.56 Å². The Morgan fingerprint density at radius 1 is 1.25 bits per heavy atom. The van der Waals surface area contributed by atoms with Gasteiger partial charge < -0.3 is 15.3 Å². The summed E-state index contributed by atoms with van der Waals surface area (Å²) in [5.74, 6) is -1.65. The fourth-order valence-corrected chi connectivity index (χ4v) is 3.98. The molecule has 4 nitrogen and oxygen atoms in total. The van der Waals surface area contributed by atoms with Crippen LogP contribution in [0.4, 0.5) is 4.39 Å². The predicted molar refractivity (Wildman–Crippen MR) is 89.5 cm³/mol. The Morgan fingerprint density at radius 3 is 2.46 bits per heavy atom. The van der Waals surface area contributed by atoms with Gasteiger partial charge in [0.05, 0.1) is 0 Å². The number of halogens is 1. The maximum atomic E-state index is 13.6. The number of aliphatic carboxylic acids is 1. The van der Waals surface area contributed by atoms with Gasteiger partial charge in [-0.1, -0.05) is 46.0 Å². The van der Waals surface area contributed by atoms with E-state index in [9.17, 15) is 24.5 Å². The number of hydrogen-bond donors (Lipinski definition) is 3. The molecule has 1 aromatic carbocycles. The van der Waals surface area contributed by atoms with Gasteiger partial charge in [0.25, 0.3) is 0 Å². The maximum absolute atomic E-state index is 13.6. The van der Waals surface area contributed by atoms with Crippen molar-refractivity contribution in [3.05, 3.63) is 29.6 Å². The average molecular weight is 338 g/mol. The van der Waals surface area contributed by atoms with Gasteiger partial charge in [0.2, 0.25) is 0 Å². The number of aromatic hydroxyl groups is 1. The Hall–Kier alpha value is -1.62. The minimum absolute atomic E-state index is 0.0805. The van der Waals surface area contributed by atoms with Gasteiger partial charge in [0.15, 0.2) is 5.60 Å². The van der Waals surface area contributed by atoms with E-state index in [0.29, 0.717) is 5.56 Å². The van der Waals surface area contributed by atoms with E-state index < -0.39 is 22.8 Å². The van der Waals surface area contributed by atoms with Crippen LogP contribution in [0.15, 0.2) is 18.2 Å². The zero-order chi connectivity index (χ0) is 18.0. The highest BCUT2D eigenvalue weighted by atomic mass is 19.1. The van der Waals surface area contributed by atoms with Crippen LogP contribution in [0, 0.1) is 11.7 Å². The van der Waals surface area contributed by atoms with E-state index in [1.807, 2.05) is 0 Å². The minimum Gasteiger partial charge on any atom is -0.508 e. The van der Waals surface area contributed by atoms with E-state index in [1.54, 1.807) is 13.8 Å². The molecule has 0 spiro atoms. The van der Waals surface area contributed by atoms with Crippen LogP contribution in [0.25, 0.3) is 0 Å². The lowest BCUT2D eigenvalue weighted by molar-refractivity contribution is -0.163. The summed E-state index contributed by atoms with van der Waals surface area (Å²) < 4.78 is 13.6. The van der Waals surface area contributed by atoms with Gasteiger partial charge in [-0.05, 0) is 42.4 Å². The molecule has 0 radical (unpaired) electrons. The molecule has 1 saturated carbocycles. The number of carboxylic acids is 1. The monoisotopic (exact) mass is 338 g/mol. The average Bonchev–Trinajstić information content (AvgIpc) is 2.49. The second-order valence-corrected chi connectivity index (χ2v) is 7.77. The van der Waals surface area contributed by atoms with E-state index in [4.69, 9.17) is 0 Å². The molecule has 3 N–H and O–H groups in total. The molecule has 1 fully saturated rings. The molecule has 0 aliphatic heterocycles. The van der Waals surface area contributed by atoms with Gasteiger partial charge >= 0.3 is 5.97 Å². The highest BCUT2D eigenvalue weighted by Crippen LogP contribution is 2.41. The largest absolute Gasteiger partial charge is 0.508 e. The highest BCUT2D eigenvalue weighted by Gasteiger charge is 2.44. The zero-order valence-corrected chi connectivity index (χ0v) is 14.4. The van der Waals surface area contributed by atoms with Crippen LogP contribution in [0.2, 0.25) is 0 Å². The van der Waals surface area contributed by atoms with E-state index in [1.165, 1.54) is 12.1 Å². The van der Waals surface area contributed by atoms with Gasteiger partial charge in [0.1, 0.15) is 11.6 Å². The van der Waals surface area contributed by atoms with Crippen molar-refractivity contribution in [2.24, 2.45) is 5.92 Å². The van der Waals surface area contributed by atoms with Crippen LogP contribution in [-0.4, -0.2) is 26.9 Å². The summed E-state index contributed by atoms with van der Waals surface area (Å²) in [5, 5.41) is 30.5. The van der Waals surface area contributed by atoms with Gasteiger partial charge in [-0.3, -0.25) is 0 Å². The van der Waals surface area contributed by atoms with E-state index in [-0.39, 0.29) is 24.5 Å². The lowest BCUT2D eigenvalue weighted by atomic mass is 9.71. The first-order valence-corrected chi connectivity index (χ1v) is 8.59. The first kappa shape index (κ1) is 18.7. The molecule has 1 unspecified atom stereocenters. The van der Waals surface area contributed by atoms with Gasteiger partial charge in [-0.25, -0.2) is 9.18 Å². The molecule has 0 aromatic heterocycles. The molecule has 1 aliphatic rings. The topological polar surface area (TPSA) is 77.8 Å². The Balaban J connectivity index is 2.24. The summed E-state index contributed by atoms with van der Waals surface area (Å²) in [7, 11) is 0. The molecule has 1 aliphatic carbocycles. The summed E-state index contributed by atoms with van der Waals surface area (Å²) in [6.45, 7) is 3.44. The van der Waals surface area contributed by atoms with Crippen molar-refractivity contribution < 1.29 is 24.5 Å². The van der Waals surface area contributed by atoms with Crippen LogP contribution in [-0.2, 0) is 10.2 Å². The third-order valence-electron chi connectivity index (χ3n) is 5.17. The molecule has 0 heterocycles. The van der Waals surface area contributed by atoms with Crippen molar-refractivity contribution >= 4 is 5.97 Å². The third-order valence-corrected chi connectivity index (χ3v) is 5.17. The molecule has 1 atom stereocenters. The fraction of sp³-hybridized carbons (Fsp3) is 0.632. The summed E-state index contributed by atoms with van der Waals surface area (Å²) in [6, 6.07) is 3.62. The molecular weight excluding hydrogens is 311 g/mol. The third kappa shape index (κ3) is 4.26. The maximum Gasteiger partial charge on any atom is 0.335 e. The fourth-order valence-electron chi connectivity index (χ4n) is 3.98. The SMILES string of the molecule is CC(C)(CC(O)(CC1CCCCC1)C(=O)O)c1cc(F)ccc1O. The van der Waals surface area contributed by atoms with Crippen LogP contribution >= 0.6 is 0 Å². The molecule has 24 heavy (non-hydrogen) atoms. The van der Waals surface area contributed by atoms with E-state index >= 15 is 0 Å². The molecule has 0 saturated heterocycles.